The molecule has 2 aromatic carbocycles. The normalized spacial score (nSPS) is 17.0. The molecule has 1 aliphatic heterocycles. The van der Waals surface area contributed by atoms with E-state index in [1.807, 2.05) is 54.4 Å². The van der Waals surface area contributed by atoms with Crippen LogP contribution in [0.1, 0.15) is 30.5 Å². The maximum atomic E-state index is 13.1. The van der Waals surface area contributed by atoms with Crippen LogP contribution in [-0.2, 0) is 16.0 Å². The van der Waals surface area contributed by atoms with Gasteiger partial charge in [-0.1, -0.05) is 36.4 Å². The van der Waals surface area contributed by atoms with Crippen molar-refractivity contribution in [2.24, 2.45) is 0 Å². The largest absolute Gasteiger partial charge is 0.361 e. The average molecular weight is 394 g/mol. The van der Waals surface area contributed by atoms with Gasteiger partial charge in [0, 0.05) is 41.1 Å². The van der Waals surface area contributed by atoms with Gasteiger partial charge in [-0.2, -0.15) is 0 Å². The third-order valence-electron chi connectivity index (χ3n) is 5.07. The molecule has 2 atom stereocenters. The summed E-state index contributed by atoms with van der Waals surface area (Å²) in [6.07, 6.45) is 3.24. The highest BCUT2D eigenvalue weighted by Gasteiger charge is 2.27. The molecular weight excluding hydrogens is 370 g/mol. The van der Waals surface area contributed by atoms with Crippen molar-refractivity contribution in [2.45, 2.75) is 36.7 Å². The van der Waals surface area contributed by atoms with Crippen LogP contribution in [-0.4, -0.2) is 28.6 Å². The molecule has 4 rings (SSSR count). The van der Waals surface area contributed by atoms with Gasteiger partial charge in [0.25, 0.3) is 0 Å². The number of benzene rings is 2. The van der Waals surface area contributed by atoms with Crippen LogP contribution in [0.3, 0.4) is 0 Å². The van der Waals surface area contributed by atoms with Crippen LogP contribution in [0, 0.1) is 0 Å². The Balaban J connectivity index is 1.54. The van der Waals surface area contributed by atoms with Gasteiger partial charge in [0.1, 0.15) is 6.04 Å². The second-order valence-electron chi connectivity index (χ2n) is 7.05. The van der Waals surface area contributed by atoms with E-state index >= 15 is 0 Å². The Bertz CT molecular complexity index is 1010. The standard InChI is InChI=1S/C22H23N3O2S/c1-14(26)24-20(12-15-13-23-18-8-4-2-6-16(15)18)22(27)25-19-10-11-28-21-9-5-3-7-17(19)21/h2-9,13,19-20,23H,10-12H2,1H3,(H,24,26)(H,25,27). The van der Waals surface area contributed by atoms with Crippen LogP contribution >= 0.6 is 11.8 Å². The first-order chi connectivity index (χ1) is 13.6. The zero-order valence-electron chi connectivity index (χ0n) is 15.7. The molecule has 0 radical (unpaired) electrons. The molecule has 1 aliphatic rings. The molecule has 3 aromatic rings. The summed E-state index contributed by atoms with van der Waals surface area (Å²) in [7, 11) is 0. The van der Waals surface area contributed by atoms with Gasteiger partial charge < -0.3 is 15.6 Å². The van der Waals surface area contributed by atoms with Gasteiger partial charge in [-0.3, -0.25) is 9.59 Å². The van der Waals surface area contributed by atoms with Crippen molar-refractivity contribution in [1.82, 2.24) is 15.6 Å². The summed E-state index contributed by atoms with van der Waals surface area (Å²) in [6, 6.07) is 15.5. The van der Waals surface area contributed by atoms with E-state index in [1.54, 1.807) is 0 Å². The van der Waals surface area contributed by atoms with Crippen LogP contribution in [0.25, 0.3) is 10.9 Å². The summed E-state index contributed by atoms with van der Waals surface area (Å²) in [5.74, 6) is 0.613. The second kappa shape index (κ2) is 8.10. The summed E-state index contributed by atoms with van der Waals surface area (Å²) >= 11 is 1.82. The van der Waals surface area contributed by atoms with Gasteiger partial charge in [-0.25, -0.2) is 0 Å². The molecule has 3 N–H and O–H groups in total. The number of hydrogen-bond donors (Lipinski definition) is 3. The summed E-state index contributed by atoms with van der Waals surface area (Å²) in [4.78, 5) is 29.3. The van der Waals surface area contributed by atoms with Crippen molar-refractivity contribution in [2.75, 3.05) is 5.75 Å². The Hall–Kier alpha value is -2.73. The number of carbonyl (C=O) groups excluding carboxylic acids is 2. The Labute approximate surface area is 168 Å². The van der Waals surface area contributed by atoms with E-state index in [2.05, 4.69) is 27.8 Å². The fourth-order valence-corrected chi connectivity index (χ4v) is 4.86. The van der Waals surface area contributed by atoms with E-state index in [9.17, 15) is 9.59 Å². The number of para-hydroxylation sites is 1. The lowest BCUT2D eigenvalue weighted by molar-refractivity contribution is -0.128. The maximum Gasteiger partial charge on any atom is 0.243 e. The van der Waals surface area contributed by atoms with Crippen LogP contribution < -0.4 is 10.6 Å². The minimum absolute atomic E-state index is 0.0239. The molecule has 28 heavy (non-hydrogen) atoms. The van der Waals surface area contributed by atoms with Gasteiger partial charge in [0.15, 0.2) is 0 Å². The van der Waals surface area contributed by atoms with Crippen molar-refractivity contribution in [3.05, 3.63) is 65.9 Å². The minimum Gasteiger partial charge on any atom is -0.361 e. The molecule has 0 spiro atoms. The Morgan fingerprint density at radius 3 is 2.82 bits per heavy atom. The quantitative estimate of drug-likeness (QED) is 0.620. The number of aromatic amines is 1. The number of amides is 2. The monoisotopic (exact) mass is 393 g/mol. The van der Waals surface area contributed by atoms with Crippen LogP contribution in [0.15, 0.2) is 59.6 Å². The molecule has 5 nitrogen and oxygen atoms in total. The number of thioether (sulfide) groups is 1. The number of rotatable bonds is 5. The SMILES string of the molecule is CC(=O)NC(Cc1c[nH]c2ccccc12)C(=O)NC1CCSc2ccccc21. The summed E-state index contributed by atoms with van der Waals surface area (Å²) in [5.41, 5.74) is 3.20. The molecule has 2 unspecified atom stereocenters. The van der Waals surface area contributed by atoms with Crippen molar-refractivity contribution < 1.29 is 9.59 Å². The first-order valence-electron chi connectivity index (χ1n) is 9.46. The van der Waals surface area contributed by atoms with Crippen LogP contribution in [0.5, 0.6) is 0 Å². The van der Waals surface area contributed by atoms with Crippen molar-refractivity contribution >= 4 is 34.5 Å². The highest BCUT2D eigenvalue weighted by atomic mass is 32.2. The predicted octanol–water partition coefficient (Wildman–Crippen LogP) is 3.57. The summed E-state index contributed by atoms with van der Waals surface area (Å²) in [6.45, 7) is 1.45. The second-order valence-corrected chi connectivity index (χ2v) is 8.19. The Morgan fingerprint density at radius 2 is 1.96 bits per heavy atom. The maximum absolute atomic E-state index is 13.1. The number of fused-ring (bicyclic) bond motifs is 2. The fourth-order valence-electron chi connectivity index (χ4n) is 3.74. The molecule has 144 valence electrons. The molecule has 1 aromatic heterocycles. The third kappa shape index (κ3) is 3.92. The fraction of sp³-hybridized carbons (Fsp3) is 0.273. The Kier molecular flexibility index (Phi) is 5.39. The van der Waals surface area contributed by atoms with E-state index < -0.39 is 6.04 Å². The third-order valence-corrected chi connectivity index (χ3v) is 6.19. The predicted molar refractivity (Wildman–Crippen MR) is 112 cm³/mol. The summed E-state index contributed by atoms with van der Waals surface area (Å²) < 4.78 is 0. The topological polar surface area (TPSA) is 74.0 Å². The van der Waals surface area contributed by atoms with Gasteiger partial charge in [0.2, 0.25) is 11.8 Å². The highest BCUT2D eigenvalue weighted by molar-refractivity contribution is 7.99. The summed E-state index contributed by atoms with van der Waals surface area (Å²) in [5, 5.41) is 7.06. The van der Waals surface area contributed by atoms with Crippen LogP contribution in [0.4, 0.5) is 0 Å². The molecule has 6 heteroatoms. The zero-order chi connectivity index (χ0) is 19.5. The molecule has 0 saturated carbocycles. The smallest absolute Gasteiger partial charge is 0.243 e. The molecule has 0 fully saturated rings. The van der Waals surface area contributed by atoms with E-state index in [0.717, 1.165) is 34.2 Å². The van der Waals surface area contributed by atoms with Crippen molar-refractivity contribution in [3.8, 4) is 0 Å². The molecule has 0 saturated heterocycles. The lowest BCUT2D eigenvalue weighted by Gasteiger charge is -2.28. The van der Waals surface area contributed by atoms with E-state index in [0.29, 0.717) is 6.42 Å². The molecule has 2 heterocycles. The molecule has 0 aliphatic carbocycles. The van der Waals surface area contributed by atoms with Crippen molar-refractivity contribution in [3.63, 3.8) is 0 Å². The Morgan fingerprint density at radius 1 is 1.18 bits per heavy atom. The van der Waals surface area contributed by atoms with E-state index in [1.165, 1.54) is 11.8 Å². The van der Waals surface area contributed by atoms with Crippen molar-refractivity contribution in [1.29, 1.82) is 0 Å². The lowest BCUT2D eigenvalue weighted by atomic mass is 10.0. The van der Waals surface area contributed by atoms with Gasteiger partial charge in [0.05, 0.1) is 6.04 Å². The zero-order valence-corrected chi connectivity index (χ0v) is 16.5. The van der Waals surface area contributed by atoms with Gasteiger partial charge >= 0.3 is 0 Å². The van der Waals surface area contributed by atoms with Crippen LogP contribution in [0.2, 0.25) is 0 Å². The molecular formula is C22H23N3O2S. The highest BCUT2D eigenvalue weighted by Crippen LogP contribution is 2.35. The lowest BCUT2D eigenvalue weighted by Crippen LogP contribution is -2.48. The van der Waals surface area contributed by atoms with Gasteiger partial charge in [-0.15, -0.1) is 11.8 Å². The number of nitrogens with one attached hydrogen (secondary N) is 3. The van der Waals surface area contributed by atoms with E-state index in [4.69, 9.17) is 0 Å². The number of hydrogen-bond acceptors (Lipinski definition) is 3. The minimum atomic E-state index is -0.613. The number of carbonyl (C=O) groups is 2. The molecule has 2 amide bonds. The average Bonchev–Trinajstić information content (AvgIpc) is 3.10. The number of aromatic nitrogens is 1. The first-order valence-corrected chi connectivity index (χ1v) is 10.4. The van der Waals surface area contributed by atoms with E-state index in [-0.39, 0.29) is 17.9 Å². The first kappa shape index (κ1) is 18.6. The number of H-pyrrole nitrogens is 1. The van der Waals surface area contributed by atoms with Gasteiger partial charge in [-0.05, 0) is 29.7 Å². The molecule has 0 bridgehead atoms.